The Morgan fingerprint density at radius 1 is 1.15 bits per heavy atom. The molecule has 2 aromatic carbocycles. The molecule has 1 amide bonds. The molecule has 2 rings (SSSR count). The van der Waals surface area contributed by atoms with Crippen molar-refractivity contribution in [2.45, 2.75) is 33.1 Å². The number of carbonyl (C=O) groups is 1. The molecule has 0 saturated heterocycles. The van der Waals surface area contributed by atoms with E-state index in [1.54, 1.807) is 25.1 Å². The quantitative estimate of drug-likeness (QED) is 0.704. The van der Waals surface area contributed by atoms with Gasteiger partial charge in [0, 0.05) is 10.7 Å². The van der Waals surface area contributed by atoms with Gasteiger partial charge in [0.1, 0.15) is 6.54 Å². The second-order valence-corrected chi connectivity index (χ2v) is 8.89. The van der Waals surface area contributed by atoms with Gasteiger partial charge in [-0.25, -0.2) is 8.42 Å². The van der Waals surface area contributed by atoms with Gasteiger partial charge in [-0.1, -0.05) is 37.1 Å². The minimum atomic E-state index is -3.63. The summed E-state index contributed by atoms with van der Waals surface area (Å²) in [6, 6.07) is 12.5. The highest BCUT2D eigenvalue weighted by atomic mass is 35.5. The smallest absolute Gasteiger partial charge is 0.245 e. The van der Waals surface area contributed by atoms with E-state index < -0.39 is 15.9 Å². The Labute approximate surface area is 166 Å². The lowest BCUT2D eigenvalue weighted by Gasteiger charge is -2.23. The van der Waals surface area contributed by atoms with E-state index in [0.29, 0.717) is 22.0 Å². The standard InChI is InChI=1S/C20H25ClN2O3S/c1-4-5-6-16-7-10-18(11-8-16)22-20(24)14-23(27(3,25)26)19-12-9-17(21)13-15(19)2/h7-13H,4-6,14H2,1-3H3,(H,22,24). The highest BCUT2D eigenvalue weighted by Gasteiger charge is 2.22. The summed E-state index contributed by atoms with van der Waals surface area (Å²) in [7, 11) is -3.63. The molecule has 0 unspecified atom stereocenters. The number of benzene rings is 2. The van der Waals surface area contributed by atoms with Crippen molar-refractivity contribution < 1.29 is 13.2 Å². The van der Waals surface area contributed by atoms with Gasteiger partial charge in [0.2, 0.25) is 15.9 Å². The number of hydrogen-bond acceptors (Lipinski definition) is 3. The highest BCUT2D eigenvalue weighted by molar-refractivity contribution is 7.92. The molecule has 0 spiro atoms. The van der Waals surface area contributed by atoms with Crippen molar-refractivity contribution in [3.8, 4) is 0 Å². The van der Waals surface area contributed by atoms with Crippen LogP contribution < -0.4 is 9.62 Å². The fourth-order valence-corrected chi connectivity index (χ4v) is 3.89. The second-order valence-electron chi connectivity index (χ2n) is 6.55. The molecule has 0 heterocycles. The van der Waals surface area contributed by atoms with E-state index in [2.05, 4.69) is 12.2 Å². The molecule has 27 heavy (non-hydrogen) atoms. The zero-order chi connectivity index (χ0) is 20.0. The largest absolute Gasteiger partial charge is 0.325 e. The molecule has 0 saturated carbocycles. The zero-order valence-corrected chi connectivity index (χ0v) is 17.4. The van der Waals surface area contributed by atoms with Crippen LogP contribution in [0, 0.1) is 6.92 Å². The molecule has 0 fully saturated rings. The first-order valence-corrected chi connectivity index (χ1v) is 11.1. The Hall–Kier alpha value is -2.05. The van der Waals surface area contributed by atoms with Crippen molar-refractivity contribution in [2.75, 3.05) is 22.4 Å². The number of amides is 1. The number of rotatable bonds is 8. The van der Waals surface area contributed by atoms with Gasteiger partial charge in [0.25, 0.3) is 0 Å². The minimum Gasteiger partial charge on any atom is -0.325 e. The van der Waals surface area contributed by atoms with E-state index in [4.69, 9.17) is 11.6 Å². The van der Waals surface area contributed by atoms with E-state index in [9.17, 15) is 13.2 Å². The van der Waals surface area contributed by atoms with Gasteiger partial charge in [-0.2, -0.15) is 0 Å². The van der Waals surface area contributed by atoms with Crippen LogP contribution in [0.4, 0.5) is 11.4 Å². The first-order valence-electron chi connectivity index (χ1n) is 8.83. The molecule has 1 N–H and O–H groups in total. The SMILES string of the molecule is CCCCc1ccc(NC(=O)CN(c2ccc(Cl)cc2C)S(C)(=O)=O)cc1. The average molecular weight is 409 g/mol. The number of aryl methyl sites for hydroxylation is 2. The number of sulfonamides is 1. The van der Waals surface area contributed by atoms with Crippen molar-refractivity contribution >= 4 is 38.9 Å². The first-order chi connectivity index (χ1) is 12.7. The summed E-state index contributed by atoms with van der Waals surface area (Å²) in [6.07, 6.45) is 4.33. The number of nitrogens with one attached hydrogen (secondary N) is 1. The summed E-state index contributed by atoms with van der Waals surface area (Å²) in [6.45, 7) is 3.59. The predicted octanol–water partition coefficient (Wildman–Crippen LogP) is 4.40. The second kappa shape index (κ2) is 9.24. The van der Waals surface area contributed by atoms with Crippen molar-refractivity contribution in [3.63, 3.8) is 0 Å². The number of unbranched alkanes of at least 4 members (excludes halogenated alkanes) is 1. The Balaban J connectivity index is 2.12. The Bertz CT molecular complexity index is 896. The summed E-state index contributed by atoms with van der Waals surface area (Å²) >= 11 is 5.95. The van der Waals surface area contributed by atoms with Crippen LogP contribution in [-0.4, -0.2) is 27.1 Å². The Kier molecular flexibility index (Phi) is 7.27. The van der Waals surface area contributed by atoms with Crippen molar-refractivity contribution in [1.29, 1.82) is 0 Å². The summed E-state index contributed by atoms with van der Waals surface area (Å²) in [5.41, 5.74) is 2.97. The predicted molar refractivity (Wildman–Crippen MR) is 112 cm³/mol. The normalized spacial score (nSPS) is 11.3. The van der Waals surface area contributed by atoms with E-state index in [-0.39, 0.29) is 6.54 Å². The maximum absolute atomic E-state index is 12.4. The molecule has 2 aromatic rings. The molecule has 0 aliphatic carbocycles. The van der Waals surface area contributed by atoms with Gasteiger partial charge in [0.15, 0.2) is 0 Å². The molecule has 146 valence electrons. The Morgan fingerprint density at radius 2 is 1.81 bits per heavy atom. The third kappa shape index (κ3) is 6.26. The first kappa shape index (κ1) is 21.3. The van der Waals surface area contributed by atoms with E-state index in [1.807, 2.05) is 24.3 Å². The van der Waals surface area contributed by atoms with Crippen LogP contribution >= 0.6 is 11.6 Å². The fourth-order valence-electron chi connectivity index (χ4n) is 2.75. The molecule has 0 aliphatic rings. The van der Waals surface area contributed by atoms with E-state index >= 15 is 0 Å². The lowest BCUT2D eigenvalue weighted by molar-refractivity contribution is -0.114. The molecule has 0 aromatic heterocycles. The van der Waals surface area contributed by atoms with Crippen LogP contribution in [-0.2, 0) is 21.2 Å². The molecular formula is C20H25ClN2O3S. The van der Waals surface area contributed by atoms with Crippen LogP contribution in [0.25, 0.3) is 0 Å². The van der Waals surface area contributed by atoms with Gasteiger partial charge in [0.05, 0.1) is 11.9 Å². The van der Waals surface area contributed by atoms with Crippen LogP contribution in [0.1, 0.15) is 30.9 Å². The lowest BCUT2D eigenvalue weighted by Crippen LogP contribution is -2.37. The third-order valence-corrected chi connectivity index (χ3v) is 5.53. The average Bonchev–Trinajstić information content (AvgIpc) is 2.59. The van der Waals surface area contributed by atoms with Gasteiger partial charge < -0.3 is 5.32 Å². The highest BCUT2D eigenvalue weighted by Crippen LogP contribution is 2.25. The molecule has 0 bridgehead atoms. The monoisotopic (exact) mass is 408 g/mol. The summed E-state index contributed by atoms with van der Waals surface area (Å²) in [5.74, 6) is -0.406. The zero-order valence-electron chi connectivity index (χ0n) is 15.8. The van der Waals surface area contributed by atoms with Gasteiger partial charge in [-0.05, 0) is 61.2 Å². The van der Waals surface area contributed by atoms with E-state index in [0.717, 1.165) is 29.8 Å². The van der Waals surface area contributed by atoms with Gasteiger partial charge in [-0.15, -0.1) is 0 Å². The van der Waals surface area contributed by atoms with Gasteiger partial charge in [-0.3, -0.25) is 9.10 Å². The molecule has 0 radical (unpaired) electrons. The number of hydrogen-bond donors (Lipinski definition) is 1. The lowest BCUT2D eigenvalue weighted by atomic mass is 10.1. The van der Waals surface area contributed by atoms with Gasteiger partial charge >= 0.3 is 0 Å². The van der Waals surface area contributed by atoms with Crippen LogP contribution in [0.15, 0.2) is 42.5 Å². The molecule has 5 nitrogen and oxygen atoms in total. The van der Waals surface area contributed by atoms with Crippen molar-refractivity contribution in [1.82, 2.24) is 0 Å². The van der Waals surface area contributed by atoms with Crippen molar-refractivity contribution in [2.24, 2.45) is 0 Å². The van der Waals surface area contributed by atoms with Crippen molar-refractivity contribution in [3.05, 3.63) is 58.6 Å². The maximum atomic E-state index is 12.4. The minimum absolute atomic E-state index is 0.307. The summed E-state index contributed by atoms with van der Waals surface area (Å²) in [4.78, 5) is 12.4. The van der Waals surface area contributed by atoms with E-state index in [1.165, 1.54) is 5.56 Å². The molecule has 0 atom stereocenters. The number of halogens is 1. The number of anilines is 2. The fraction of sp³-hybridized carbons (Fsp3) is 0.350. The third-order valence-electron chi connectivity index (χ3n) is 4.17. The summed E-state index contributed by atoms with van der Waals surface area (Å²) < 4.78 is 25.5. The maximum Gasteiger partial charge on any atom is 0.245 e. The number of nitrogens with zero attached hydrogens (tertiary/aromatic N) is 1. The van der Waals surface area contributed by atoms with Crippen LogP contribution in [0.2, 0.25) is 5.02 Å². The molecular weight excluding hydrogens is 384 g/mol. The Morgan fingerprint density at radius 3 is 2.37 bits per heavy atom. The molecule has 7 heteroatoms. The van der Waals surface area contributed by atoms with Crippen LogP contribution in [0.3, 0.4) is 0 Å². The number of carbonyl (C=O) groups excluding carboxylic acids is 1. The molecule has 0 aliphatic heterocycles. The summed E-state index contributed by atoms with van der Waals surface area (Å²) in [5, 5.41) is 3.27. The van der Waals surface area contributed by atoms with Crippen LogP contribution in [0.5, 0.6) is 0 Å². The topological polar surface area (TPSA) is 66.5 Å².